The monoisotopic (exact) mass is 182 g/mol. The van der Waals surface area contributed by atoms with Gasteiger partial charge in [-0.15, -0.1) is 0 Å². The lowest BCUT2D eigenvalue weighted by atomic mass is 9.63. The second-order valence-electron chi connectivity index (χ2n) is 5.71. The summed E-state index contributed by atoms with van der Waals surface area (Å²) in [6.07, 6.45) is 10.6. The van der Waals surface area contributed by atoms with Crippen LogP contribution < -0.4 is 0 Å². The smallest absolute Gasteiger partial charge is 0.0351 e. The second-order valence-corrected chi connectivity index (χ2v) is 5.71. The predicted octanol–water partition coefficient (Wildman–Crippen LogP) is 4.64. The van der Waals surface area contributed by atoms with Crippen molar-refractivity contribution in [1.82, 2.24) is 0 Å². The van der Waals surface area contributed by atoms with Crippen molar-refractivity contribution >= 4 is 0 Å². The van der Waals surface area contributed by atoms with Crippen LogP contribution in [0.15, 0.2) is 0 Å². The standard InChI is InChI=1S/C12H22.CH4/c1-12(2)8-7-10-5-3-4-6-11(10)9-12;/h10-11H,3-9H2,1-2H3;1H4. The van der Waals surface area contributed by atoms with Gasteiger partial charge in [0.25, 0.3) is 0 Å². The van der Waals surface area contributed by atoms with E-state index in [0.29, 0.717) is 5.41 Å². The van der Waals surface area contributed by atoms with Crippen molar-refractivity contribution in [2.45, 2.75) is 66.2 Å². The average Bonchev–Trinajstić information content (AvgIpc) is 2.02. The van der Waals surface area contributed by atoms with Crippen LogP contribution in [0.2, 0.25) is 0 Å². The van der Waals surface area contributed by atoms with Gasteiger partial charge in [-0.3, -0.25) is 0 Å². The van der Waals surface area contributed by atoms with E-state index >= 15 is 0 Å². The first-order valence-corrected chi connectivity index (χ1v) is 5.67. The van der Waals surface area contributed by atoms with Crippen molar-refractivity contribution in [2.24, 2.45) is 17.3 Å². The van der Waals surface area contributed by atoms with Crippen LogP contribution in [0.1, 0.15) is 66.2 Å². The first-order valence-electron chi connectivity index (χ1n) is 5.67. The van der Waals surface area contributed by atoms with E-state index in [1.807, 2.05) is 0 Å². The molecule has 2 aliphatic carbocycles. The zero-order valence-electron chi connectivity index (χ0n) is 8.60. The minimum Gasteiger partial charge on any atom is -0.0776 e. The van der Waals surface area contributed by atoms with E-state index in [-0.39, 0.29) is 7.43 Å². The third-order valence-electron chi connectivity index (χ3n) is 4.07. The van der Waals surface area contributed by atoms with Crippen LogP contribution in [-0.2, 0) is 0 Å². The molecule has 0 aromatic heterocycles. The molecule has 0 radical (unpaired) electrons. The van der Waals surface area contributed by atoms with Gasteiger partial charge in [-0.25, -0.2) is 0 Å². The third-order valence-corrected chi connectivity index (χ3v) is 4.07. The molecule has 13 heavy (non-hydrogen) atoms. The van der Waals surface area contributed by atoms with Crippen LogP contribution in [0, 0.1) is 17.3 Å². The highest BCUT2D eigenvalue weighted by Crippen LogP contribution is 2.47. The maximum atomic E-state index is 2.46. The van der Waals surface area contributed by atoms with Gasteiger partial charge in [0, 0.05) is 0 Å². The SMILES string of the molecule is C.CC1(C)CCC2CCCCC2C1. The molecule has 0 heterocycles. The topological polar surface area (TPSA) is 0 Å². The normalized spacial score (nSPS) is 37.4. The Labute approximate surface area is 84.1 Å². The van der Waals surface area contributed by atoms with Crippen molar-refractivity contribution in [3.63, 3.8) is 0 Å². The highest BCUT2D eigenvalue weighted by molar-refractivity contribution is 4.86. The van der Waals surface area contributed by atoms with Gasteiger partial charge < -0.3 is 0 Å². The van der Waals surface area contributed by atoms with Crippen LogP contribution >= 0.6 is 0 Å². The summed E-state index contributed by atoms with van der Waals surface area (Å²) in [6, 6.07) is 0. The summed E-state index contributed by atoms with van der Waals surface area (Å²) in [5.74, 6) is 2.22. The summed E-state index contributed by atoms with van der Waals surface area (Å²) in [5, 5.41) is 0. The molecule has 0 spiro atoms. The van der Waals surface area contributed by atoms with Crippen LogP contribution in [-0.4, -0.2) is 0 Å². The molecule has 0 amide bonds. The fraction of sp³-hybridized carbons (Fsp3) is 1.00. The Morgan fingerprint density at radius 3 is 2.23 bits per heavy atom. The summed E-state index contributed by atoms with van der Waals surface area (Å²) >= 11 is 0. The second kappa shape index (κ2) is 4.02. The van der Waals surface area contributed by atoms with E-state index in [1.54, 1.807) is 6.42 Å². The maximum absolute atomic E-state index is 2.46. The fourth-order valence-corrected chi connectivity index (χ4v) is 3.32. The molecule has 2 rings (SSSR count). The number of hydrogen-bond acceptors (Lipinski definition) is 0. The van der Waals surface area contributed by atoms with Gasteiger partial charge in [0.2, 0.25) is 0 Å². The predicted molar refractivity (Wildman–Crippen MR) is 59.8 cm³/mol. The van der Waals surface area contributed by atoms with E-state index < -0.39 is 0 Å². The molecular weight excluding hydrogens is 156 g/mol. The number of hydrogen-bond donors (Lipinski definition) is 0. The summed E-state index contributed by atoms with van der Waals surface area (Å²) in [6.45, 7) is 4.91. The lowest BCUT2D eigenvalue weighted by Crippen LogP contribution is -2.31. The van der Waals surface area contributed by atoms with Gasteiger partial charge in [-0.1, -0.05) is 47.0 Å². The van der Waals surface area contributed by atoms with E-state index in [4.69, 9.17) is 0 Å². The Kier molecular flexibility index (Phi) is 3.43. The lowest BCUT2D eigenvalue weighted by Gasteiger charge is -2.43. The molecule has 2 saturated carbocycles. The maximum Gasteiger partial charge on any atom is -0.0351 e. The Morgan fingerprint density at radius 2 is 1.54 bits per heavy atom. The van der Waals surface area contributed by atoms with E-state index in [0.717, 1.165) is 11.8 Å². The summed E-state index contributed by atoms with van der Waals surface area (Å²) < 4.78 is 0. The van der Waals surface area contributed by atoms with Crippen molar-refractivity contribution in [1.29, 1.82) is 0 Å². The molecule has 0 aromatic rings. The molecule has 0 aliphatic heterocycles. The van der Waals surface area contributed by atoms with Gasteiger partial charge in [0.05, 0.1) is 0 Å². The molecule has 2 aliphatic rings. The van der Waals surface area contributed by atoms with Crippen molar-refractivity contribution in [3.05, 3.63) is 0 Å². The average molecular weight is 182 g/mol. The Bertz CT molecular complexity index is 157. The summed E-state index contributed by atoms with van der Waals surface area (Å²) in [7, 11) is 0. The minimum absolute atomic E-state index is 0. The molecule has 0 N–H and O–H groups in total. The van der Waals surface area contributed by atoms with Crippen molar-refractivity contribution < 1.29 is 0 Å². The van der Waals surface area contributed by atoms with Gasteiger partial charge >= 0.3 is 0 Å². The van der Waals surface area contributed by atoms with Crippen LogP contribution in [0.5, 0.6) is 0 Å². The Balaban J connectivity index is 0.000000845. The molecule has 0 heteroatoms. The van der Waals surface area contributed by atoms with Gasteiger partial charge in [-0.05, 0) is 36.5 Å². The lowest BCUT2D eigenvalue weighted by molar-refractivity contribution is 0.0833. The molecule has 0 nitrogen and oxygen atoms in total. The number of fused-ring (bicyclic) bond motifs is 1. The zero-order valence-corrected chi connectivity index (χ0v) is 8.60. The van der Waals surface area contributed by atoms with Crippen LogP contribution in [0.25, 0.3) is 0 Å². The fourth-order valence-electron chi connectivity index (χ4n) is 3.32. The van der Waals surface area contributed by atoms with E-state index in [9.17, 15) is 0 Å². The van der Waals surface area contributed by atoms with Crippen LogP contribution in [0.4, 0.5) is 0 Å². The molecular formula is C13H26. The highest BCUT2D eigenvalue weighted by Gasteiger charge is 2.35. The number of rotatable bonds is 0. The Hall–Kier alpha value is 0. The molecule has 0 aromatic carbocycles. The molecule has 2 fully saturated rings. The largest absolute Gasteiger partial charge is 0.0776 e. The molecule has 0 saturated heterocycles. The quantitative estimate of drug-likeness (QED) is 0.512. The van der Waals surface area contributed by atoms with E-state index in [1.165, 1.54) is 38.5 Å². The first-order chi connectivity index (χ1) is 5.67. The van der Waals surface area contributed by atoms with Gasteiger partial charge in [0.1, 0.15) is 0 Å². The molecule has 2 atom stereocenters. The van der Waals surface area contributed by atoms with Crippen molar-refractivity contribution in [3.8, 4) is 0 Å². The Morgan fingerprint density at radius 1 is 0.923 bits per heavy atom. The van der Waals surface area contributed by atoms with Crippen molar-refractivity contribution in [2.75, 3.05) is 0 Å². The first kappa shape index (κ1) is 11.1. The van der Waals surface area contributed by atoms with Crippen LogP contribution in [0.3, 0.4) is 0 Å². The molecule has 0 bridgehead atoms. The summed E-state index contributed by atoms with van der Waals surface area (Å²) in [4.78, 5) is 0. The summed E-state index contributed by atoms with van der Waals surface area (Å²) in [5.41, 5.74) is 0.665. The highest BCUT2D eigenvalue weighted by atomic mass is 14.4. The zero-order chi connectivity index (χ0) is 8.60. The minimum atomic E-state index is 0. The van der Waals surface area contributed by atoms with E-state index in [2.05, 4.69) is 13.8 Å². The van der Waals surface area contributed by atoms with Gasteiger partial charge in [0.15, 0.2) is 0 Å². The molecule has 2 unspecified atom stereocenters. The van der Waals surface area contributed by atoms with Gasteiger partial charge in [-0.2, -0.15) is 0 Å². The third kappa shape index (κ3) is 2.48. The molecule has 78 valence electrons.